The molecule has 0 saturated carbocycles. The minimum atomic E-state index is -0.796. The molecule has 1 fully saturated rings. The van der Waals surface area contributed by atoms with Gasteiger partial charge in [0.05, 0.1) is 12.8 Å². The predicted octanol–water partition coefficient (Wildman–Crippen LogP) is 3.72. The Morgan fingerprint density at radius 1 is 1.12 bits per heavy atom. The van der Waals surface area contributed by atoms with Crippen molar-refractivity contribution in [3.63, 3.8) is 0 Å². The van der Waals surface area contributed by atoms with Gasteiger partial charge >= 0.3 is 6.03 Å². The van der Waals surface area contributed by atoms with Gasteiger partial charge in [-0.05, 0) is 67.3 Å². The molecule has 4 amide bonds. The van der Waals surface area contributed by atoms with Gasteiger partial charge in [-0.25, -0.2) is 9.69 Å². The second-order valence-electron chi connectivity index (χ2n) is 7.50. The van der Waals surface area contributed by atoms with E-state index in [1.807, 2.05) is 19.9 Å². The molecule has 0 unspecified atom stereocenters. The Morgan fingerprint density at radius 3 is 2.42 bits per heavy atom. The van der Waals surface area contributed by atoms with Crippen LogP contribution in [0.4, 0.5) is 10.5 Å². The Morgan fingerprint density at radius 2 is 1.82 bits per heavy atom. The van der Waals surface area contributed by atoms with Crippen molar-refractivity contribution >= 4 is 29.6 Å². The molecule has 0 aliphatic carbocycles. The summed E-state index contributed by atoms with van der Waals surface area (Å²) in [6.07, 6.45) is 8.86. The first-order valence-electron chi connectivity index (χ1n) is 10.2. The molecule has 1 heterocycles. The third-order valence-electron chi connectivity index (χ3n) is 4.92. The Kier molecular flexibility index (Phi) is 6.99. The van der Waals surface area contributed by atoms with E-state index in [0.717, 1.165) is 21.6 Å². The molecule has 1 saturated heterocycles. The van der Waals surface area contributed by atoms with Crippen LogP contribution in [0.3, 0.4) is 0 Å². The Bertz CT molecular complexity index is 1200. The summed E-state index contributed by atoms with van der Waals surface area (Å²) in [4.78, 5) is 39.3. The Labute approximate surface area is 192 Å². The van der Waals surface area contributed by atoms with Crippen molar-refractivity contribution in [3.8, 4) is 23.8 Å². The minimum Gasteiger partial charge on any atom is -0.493 e. The molecule has 1 N–H and O–H groups in total. The maximum absolute atomic E-state index is 13.2. The minimum absolute atomic E-state index is 0.0504. The predicted molar refractivity (Wildman–Crippen MR) is 126 cm³/mol. The third-order valence-corrected chi connectivity index (χ3v) is 4.92. The number of rotatable bonds is 7. The van der Waals surface area contributed by atoms with Gasteiger partial charge in [-0.2, -0.15) is 0 Å². The number of hydrogen-bond acceptors (Lipinski definition) is 5. The number of allylic oxidation sites excluding steroid dienone is 1. The quantitative estimate of drug-likeness (QED) is 0.305. The first kappa shape index (κ1) is 23.4. The summed E-state index contributed by atoms with van der Waals surface area (Å²) in [6, 6.07) is 7.93. The van der Waals surface area contributed by atoms with Crippen LogP contribution in [-0.4, -0.2) is 31.6 Å². The fourth-order valence-electron chi connectivity index (χ4n) is 3.64. The highest BCUT2D eigenvalue weighted by Gasteiger charge is 2.37. The fourth-order valence-corrected chi connectivity index (χ4v) is 3.64. The number of nitrogens with zero attached hydrogens (tertiary/aromatic N) is 1. The van der Waals surface area contributed by atoms with Crippen LogP contribution in [-0.2, 0) is 16.0 Å². The average molecular weight is 444 g/mol. The van der Waals surface area contributed by atoms with Gasteiger partial charge in [0.25, 0.3) is 11.8 Å². The number of nitrogens with one attached hydrogen (secondary N) is 1. The highest BCUT2D eigenvalue weighted by molar-refractivity contribution is 6.39. The highest BCUT2D eigenvalue weighted by atomic mass is 16.5. The lowest BCUT2D eigenvalue weighted by molar-refractivity contribution is -0.122. The van der Waals surface area contributed by atoms with E-state index >= 15 is 0 Å². The van der Waals surface area contributed by atoms with E-state index in [0.29, 0.717) is 29.2 Å². The number of carbonyl (C=O) groups is 3. The van der Waals surface area contributed by atoms with Gasteiger partial charge < -0.3 is 9.47 Å². The molecule has 1 aliphatic heterocycles. The number of hydrogen-bond donors (Lipinski definition) is 1. The second-order valence-corrected chi connectivity index (χ2v) is 7.50. The molecule has 33 heavy (non-hydrogen) atoms. The molecule has 0 atom stereocenters. The van der Waals surface area contributed by atoms with E-state index in [1.165, 1.54) is 13.2 Å². The number of imide groups is 2. The summed E-state index contributed by atoms with van der Waals surface area (Å²) in [5, 5.41) is 2.24. The van der Waals surface area contributed by atoms with Crippen molar-refractivity contribution in [1.29, 1.82) is 0 Å². The van der Waals surface area contributed by atoms with Crippen LogP contribution in [0, 0.1) is 26.2 Å². The number of benzene rings is 2. The molecule has 0 bridgehead atoms. The van der Waals surface area contributed by atoms with Crippen molar-refractivity contribution in [2.24, 2.45) is 0 Å². The van der Waals surface area contributed by atoms with Crippen molar-refractivity contribution < 1.29 is 23.9 Å². The number of carbonyl (C=O) groups excluding carboxylic acids is 3. The van der Waals surface area contributed by atoms with E-state index in [2.05, 4.69) is 17.8 Å². The average Bonchev–Trinajstić information content (AvgIpc) is 2.75. The summed E-state index contributed by atoms with van der Waals surface area (Å²) in [6.45, 7) is 7.53. The van der Waals surface area contributed by atoms with Crippen molar-refractivity contribution in [2.75, 3.05) is 18.6 Å². The van der Waals surface area contributed by atoms with Crippen LogP contribution in [0.25, 0.3) is 6.08 Å². The van der Waals surface area contributed by atoms with Gasteiger partial charge in [0.1, 0.15) is 12.2 Å². The molecule has 0 spiro atoms. The van der Waals surface area contributed by atoms with Crippen LogP contribution >= 0.6 is 0 Å². The molecule has 0 radical (unpaired) electrons. The molecular formula is C26H24N2O5. The first-order valence-corrected chi connectivity index (χ1v) is 10.2. The van der Waals surface area contributed by atoms with E-state index < -0.39 is 17.8 Å². The highest BCUT2D eigenvalue weighted by Crippen LogP contribution is 2.35. The van der Waals surface area contributed by atoms with Gasteiger partial charge in [-0.3, -0.25) is 14.9 Å². The van der Waals surface area contributed by atoms with Gasteiger partial charge in [0, 0.05) is 5.56 Å². The number of amides is 4. The van der Waals surface area contributed by atoms with Crippen LogP contribution in [0.2, 0.25) is 0 Å². The van der Waals surface area contributed by atoms with Crippen molar-refractivity contribution in [2.45, 2.75) is 20.3 Å². The number of barbiturate groups is 1. The summed E-state index contributed by atoms with van der Waals surface area (Å²) in [5.41, 5.74) is 3.21. The number of aryl methyl sites for hydroxylation is 2. The smallest absolute Gasteiger partial charge is 0.335 e. The summed E-state index contributed by atoms with van der Waals surface area (Å²) >= 11 is 0. The fraction of sp³-hybridized carbons (Fsp3) is 0.192. The van der Waals surface area contributed by atoms with Crippen LogP contribution in [0.5, 0.6) is 11.5 Å². The van der Waals surface area contributed by atoms with Crippen molar-refractivity contribution in [1.82, 2.24) is 5.32 Å². The van der Waals surface area contributed by atoms with Gasteiger partial charge in [0.2, 0.25) is 0 Å². The summed E-state index contributed by atoms with van der Waals surface area (Å²) in [5.74, 6) is 1.77. The largest absolute Gasteiger partial charge is 0.493 e. The number of terminal acetylenes is 1. The first-order chi connectivity index (χ1) is 15.8. The molecule has 7 nitrogen and oxygen atoms in total. The van der Waals surface area contributed by atoms with Crippen LogP contribution < -0.4 is 19.7 Å². The maximum atomic E-state index is 13.2. The zero-order chi connectivity index (χ0) is 24.1. The van der Waals surface area contributed by atoms with E-state index in [9.17, 15) is 14.4 Å². The molecule has 3 rings (SSSR count). The number of urea groups is 1. The lowest BCUT2D eigenvalue weighted by Crippen LogP contribution is -2.54. The summed E-state index contributed by atoms with van der Waals surface area (Å²) in [7, 11) is 1.48. The van der Waals surface area contributed by atoms with Crippen molar-refractivity contribution in [3.05, 3.63) is 70.8 Å². The molecule has 168 valence electrons. The molecule has 0 aromatic heterocycles. The molecule has 2 aromatic rings. The van der Waals surface area contributed by atoms with Crippen LogP contribution in [0.1, 0.15) is 22.3 Å². The molecule has 2 aromatic carbocycles. The van der Waals surface area contributed by atoms with Gasteiger partial charge in [0.15, 0.2) is 11.5 Å². The van der Waals surface area contributed by atoms with Crippen LogP contribution in [0.15, 0.2) is 48.6 Å². The monoisotopic (exact) mass is 444 g/mol. The zero-order valence-corrected chi connectivity index (χ0v) is 18.7. The lowest BCUT2D eigenvalue weighted by Gasteiger charge is -2.27. The SMILES string of the molecule is C#CCOc1c(CC=C)cc(/C=C2\C(=O)NC(=O)N(c3cc(C)cc(C)c3)C2=O)cc1OC. The van der Waals surface area contributed by atoms with Gasteiger partial charge in [-0.15, -0.1) is 13.0 Å². The van der Waals surface area contributed by atoms with E-state index in [4.69, 9.17) is 15.9 Å². The number of methoxy groups -OCH3 is 1. The lowest BCUT2D eigenvalue weighted by atomic mass is 10.0. The van der Waals surface area contributed by atoms with Gasteiger partial charge in [-0.1, -0.05) is 18.1 Å². The number of ether oxygens (including phenoxy) is 2. The zero-order valence-electron chi connectivity index (χ0n) is 18.7. The topological polar surface area (TPSA) is 84.9 Å². The van der Waals surface area contributed by atoms with E-state index in [-0.39, 0.29) is 12.2 Å². The standard InChI is InChI=1S/C26H24N2O5/c1-6-8-19-13-18(15-22(32-5)23(19)33-9-7-2)14-21-24(29)27-26(31)28(25(21)30)20-11-16(3)10-17(4)12-20/h2,6,10-15H,1,8-9H2,3-5H3,(H,27,29,31)/b21-14+. The summed E-state index contributed by atoms with van der Waals surface area (Å²) < 4.78 is 11.1. The normalized spacial score (nSPS) is 14.7. The molecular weight excluding hydrogens is 420 g/mol. The third kappa shape index (κ3) is 4.96. The molecule has 1 aliphatic rings. The second kappa shape index (κ2) is 9.88. The number of anilines is 1. The molecule has 7 heteroatoms. The Hall–Kier alpha value is -4.31. The Balaban J connectivity index is 2.08. The van der Waals surface area contributed by atoms with E-state index in [1.54, 1.807) is 30.3 Å². The maximum Gasteiger partial charge on any atom is 0.335 e.